The van der Waals surface area contributed by atoms with E-state index in [0.717, 1.165) is 121 Å². The molecular formula is C82H156O17P2. The Morgan fingerprint density at radius 3 is 0.812 bits per heavy atom. The summed E-state index contributed by atoms with van der Waals surface area (Å²) in [6, 6.07) is 0. The number of rotatable bonds is 79. The molecule has 0 amide bonds. The fourth-order valence-electron chi connectivity index (χ4n) is 12.2. The fraction of sp³-hybridized carbons (Fsp3) is 0.902. The standard InChI is InChI=1S/C82H156O17P2/c1-7-9-11-13-15-17-19-21-23-24-25-26-27-29-31-35-41-48-54-60-66-81(86)98-77(70-92-79(84)64-58-52-46-40-34-30-28-22-20-18-16-14-12-10-8-2)72-96-100(88,89)94-68-76(83)69-95-101(90,91)97-73-78(71-93-80(85)65-59-53-47-43-37-39-45-51-57-63-75(5)6)99-82(87)67-61-55-49-42-36-32-33-38-44-50-56-62-74(3)4/h18,20,22,28,74-78,83H,7-17,19,21,23-27,29-73H2,1-6H3,(H,88,89)(H,90,91)/b20-18-,28-22-/t76-,77-,78-/m1/s1. The van der Waals surface area contributed by atoms with Gasteiger partial charge in [0.1, 0.15) is 19.3 Å². The van der Waals surface area contributed by atoms with E-state index >= 15 is 0 Å². The molecule has 0 saturated carbocycles. The van der Waals surface area contributed by atoms with Crippen molar-refractivity contribution in [3.05, 3.63) is 24.3 Å². The summed E-state index contributed by atoms with van der Waals surface area (Å²) < 4.78 is 68.7. The van der Waals surface area contributed by atoms with Gasteiger partial charge in [0.2, 0.25) is 0 Å². The highest BCUT2D eigenvalue weighted by atomic mass is 31.2. The van der Waals surface area contributed by atoms with E-state index in [1.54, 1.807) is 0 Å². The van der Waals surface area contributed by atoms with E-state index in [-0.39, 0.29) is 25.7 Å². The van der Waals surface area contributed by atoms with Gasteiger partial charge in [-0.25, -0.2) is 9.13 Å². The van der Waals surface area contributed by atoms with Gasteiger partial charge in [0.05, 0.1) is 26.4 Å². The Morgan fingerprint density at radius 2 is 0.535 bits per heavy atom. The van der Waals surface area contributed by atoms with Crippen molar-refractivity contribution in [2.45, 2.75) is 426 Å². The van der Waals surface area contributed by atoms with Gasteiger partial charge in [0, 0.05) is 25.7 Å². The minimum atomic E-state index is -4.97. The second kappa shape index (κ2) is 73.1. The van der Waals surface area contributed by atoms with Crippen molar-refractivity contribution < 1.29 is 80.2 Å². The molecule has 0 spiro atoms. The molecule has 0 aliphatic heterocycles. The van der Waals surface area contributed by atoms with Crippen LogP contribution in [0.15, 0.2) is 24.3 Å². The molecule has 0 aromatic rings. The van der Waals surface area contributed by atoms with Gasteiger partial charge in [-0.3, -0.25) is 37.3 Å². The number of aliphatic hydroxyl groups is 1. The van der Waals surface area contributed by atoms with Crippen LogP contribution < -0.4 is 0 Å². The number of allylic oxidation sites excluding steroid dienone is 4. The van der Waals surface area contributed by atoms with E-state index in [1.165, 1.54) is 205 Å². The summed E-state index contributed by atoms with van der Waals surface area (Å²) in [5.41, 5.74) is 0. The van der Waals surface area contributed by atoms with Crippen LogP contribution in [0.3, 0.4) is 0 Å². The summed E-state index contributed by atoms with van der Waals surface area (Å²) >= 11 is 0. The third kappa shape index (κ3) is 75.6. The molecule has 5 atom stereocenters. The number of phosphoric acid groups is 2. The predicted molar refractivity (Wildman–Crippen MR) is 414 cm³/mol. The lowest BCUT2D eigenvalue weighted by molar-refractivity contribution is -0.161. The molecule has 19 heteroatoms. The van der Waals surface area contributed by atoms with Crippen molar-refractivity contribution in [3.63, 3.8) is 0 Å². The molecule has 17 nitrogen and oxygen atoms in total. The third-order valence-corrected chi connectivity index (χ3v) is 20.5. The second-order valence-corrected chi connectivity index (χ2v) is 32.7. The van der Waals surface area contributed by atoms with Crippen LogP contribution in [0.25, 0.3) is 0 Å². The molecule has 0 bridgehead atoms. The maximum Gasteiger partial charge on any atom is 0.472 e. The van der Waals surface area contributed by atoms with Gasteiger partial charge in [-0.1, -0.05) is 355 Å². The van der Waals surface area contributed by atoms with E-state index in [4.69, 9.17) is 37.0 Å². The van der Waals surface area contributed by atoms with E-state index < -0.39 is 97.5 Å². The summed E-state index contributed by atoms with van der Waals surface area (Å²) in [6.07, 6.45) is 66.0. The first-order chi connectivity index (χ1) is 48.9. The average molecular weight is 1480 g/mol. The number of hydrogen-bond donors (Lipinski definition) is 3. The van der Waals surface area contributed by atoms with Gasteiger partial charge in [0.25, 0.3) is 0 Å². The number of carbonyl (C=O) groups is 4. The van der Waals surface area contributed by atoms with Crippen LogP contribution in [-0.2, 0) is 65.4 Å². The van der Waals surface area contributed by atoms with Crippen LogP contribution in [0.2, 0.25) is 0 Å². The zero-order valence-electron chi connectivity index (χ0n) is 65.7. The number of carbonyl (C=O) groups excluding carboxylic acids is 4. The zero-order valence-corrected chi connectivity index (χ0v) is 67.5. The average Bonchev–Trinajstić information content (AvgIpc) is 1.06. The Kier molecular flexibility index (Phi) is 71.3. The Labute approximate surface area is 618 Å². The van der Waals surface area contributed by atoms with Crippen LogP contribution in [0.1, 0.15) is 408 Å². The molecule has 2 unspecified atom stereocenters. The molecule has 0 aliphatic rings. The minimum absolute atomic E-state index is 0.102. The number of unbranched alkanes of at least 4 members (excludes halogenated alkanes) is 46. The van der Waals surface area contributed by atoms with Crippen molar-refractivity contribution in [1.82, 2.24) is 0 Å². The Hall–Kier alpha value is -2.46. The number of hydrogen-bond acceptors (Lipinski definition) is 15. The van der Waals surface area contributed by atoms with Crippen LogP contribution in [0.5, 0.6) is 0 Å². The minimum Gasteiger partial charge on any atom is -0.462 e. The Balaban J connectivity index is 5.28. The highest BCUT2D eigenvalue weighted by Crippen LogP contribution is 2.45. The molecule has 0 aliphatic carbocycles. The van der Waals surface area contributed by atoms with Crippen LogP contribution in [0.4, 0.5) is 0 Å². The topological polar surface area (TPSA) is 237 Å². The number of ether oxygens (including phenoxy) is 4. The third-order valence-electron chi connectivity index (χ3n) is 18.6. The van der Waals surface area contributed by atoms with Crippen molar-refractivity contribution in [3.8, 4) is 0 Å². The summed E-state index contributed by atoms with van der Waals surface area (Å²) in [5, 5.41) is 10.6. The monoisotopic (exact) mass is 1480 g/mol. The van der Waals surface area contributed by atoms with Gasteiger partial charge in [-0.15, -0.1) is 0 Å². The SMILES string of the molecule is CCCCCC/C=C\C=C/CCCCCCCC(=O)OC[C@H](COP(=O)(O)OC[C@@H](O)COP(=O)(O)OC[C@@H](COC(=O)CCCCCCCCCCCC(C)C)OC(=O)CCCCCCCCCCCCCC(C)C)OC(=O)CCCCCCCCCCCCCCCCCCCCCC. The van der Waals surface area contributed by atoms with E-state index in [2.05, 4.69) is 65.8 Å². The number of phosphoric ester groups is 2. The zero-order chi connectivity index (χ0) is 74.2. The molecule has 0 saturated heterocycles. The van der Waals surface area contributed by atoms with Gasteiger partial charge in [-0.2, -0.15) is 0 Å². The normalized spacial score (nSPS) is 14.0. The van der Waals surface area contributed by atoms with Gasteiger partial charge < -0.3 is 33.8 Å². The largest absolute Gasteiger partial charge is 0.472 e. The molecule has 101 heavy (non-hydrogen) atoms. The molecular weight excluding hydrogens is 1320 g/mol. The summed E-state index contributed by atoms with van der Waals surface area (Å²) in [6.45, 7) is 9.55. The first-order valence-electron chi connectivity index (χ1n) is 41.8. The lowest BCUT2D eigenvalue weighted by Gasteiger charge is -2.21. The molecule has 0 aromatic heterocycles. The van der Waals surface area contributed by atoms with Gasteiger partial charge in [0.15, 0.2) is 12.2 Å². The maximum atomic E-state index is 13.1. The molecule has 0 rings (SSSR count). The lowest BCUT2D eigenvalue weighted by Crippen LogP contribution is -2.30. The first kappa shape index (κ1) is 98.5. The Bertz CT molecular complexity index is 2040. The smallest absolute Gasteiger partial charge is 0.462 e. The van der Waals surface area contributed by atoms with Gasteiger partial charge in [-0.05, 0) is 63.2 Å². The second-order valence-electron chi connectivity index (χ2n) is 29.8. The van der Waals surface area contributed by atoms with Crippen molar-refractivity contribution >= 4 is 39.5 Å². The van der Waals surface area contributed by atoms with Crippen LogP contribution >= 0.6 is 15.6 Å². The van der Waals surface area contributed by atoms with Crippen molar-refractivity contribution in [2.75, 3.05) is 39.6 Å². The summed E-state index contributed by atoms with van der Waals surface area (Å²) in [7, 11) is -9.93. The highest BCUT2D eigenvalue weighted by molar-refractivity contribution is 7.47. The molecule has 0 fully saturated rings. The number of esters is 4. The van der Waals surface area contributed by atoms with Gasteiger partial charge >= 0.3 is 39.5 Å². The van der Waals surface area contributed by atoms with Crippen LogP contribution in [0, 0.1) is 11.8 Å². The molecule has 0 heterocycles. The highest BCUT2D eigenvalue weighted by Gasteiger charge is 2.30. The summed E-state index contributed by atoms with van der Waals surface area (Å²) in [4.78, 5) is 73.1. The molecule has 3 N–H and O–H groups in total. The molecule has 0 aromatic carbocycles. The lowest BCUT2D eigenvalue weighted by atomic mass is 10.0. The summed E-state index contributed by atoms with van der Waals surface area (Å²) in [5.74, 6) is -0.633. The first-order valence-corrected chi connectivity index (χ1v) is 44.8. The quantitative estimate of drug-likeness (QED) is 0.0169. The predicted octanol–water partition coefficient (Wildman–Crippen LogP) is 24.2. The van der Waals surface area contributed by atoms with Crippen molar-refractivity contribution in [2.24, 2.45) is 11.8 Å². The van der Waals surface area contributed by atoms with E-state index in [0.29, 0.717) is 25.7 Å². The van der Waals surface area contributed by atoms with Crippen LogP contribution in [-0.4, -0.2) is 96.7 Å². The van der Waals surface area contributed by atoms with E-state index in [1.807, 2.05) is 0 Å². The molecule has 596 valence electrons. The molecule has 0 radical (unpaired) electrons. The maximum absolute atomic E-state index is 13.1. The van der Waals surface area contributed by atoms with E-state index in [9.17, 15) is 43.2 Å². The fourth-order valence-corrected chi connectivity index (χ4v) is 13.8. The van der Waals surface area contributed by atoms with Crippen molar-refractivity contribution in [1.29, 1.82) is 0 Å². The Morgan fingerprint density at radius 1 is 0.307 bits per heavy atom. The number of aliphatic hydroxyl groups excluding tert-OH is 1.